The van der Waals surface area contributed by atoms with Crippen molar-refractivity contribution in [2.45, 2.75) is 32.4 Å². The minimum Gasteiger partial charge on any atom is -0.325 e. The zero-order valence-corrected chi connectivity index (χ0v) is 16.3. The summed E-state index contributed by atoms with van der Waals surface area (Å²) in [5.74, 6) is -0.134. The van der Waals surface area contributed by atoms with E-state index in [-0.39, 0.29) is 18.2 Å². The van der Waals surface area contributed by atoms with Crippen LogP contribution < -0.4 is 10.6 Å². The van der Waals surface area contributed by atoms with Gasteiger partial charge in [0.2, 0.25) is 11.8 Å². The number of benzene rings is 2. The number of carbonyl (C=O) groups excluding carboxylic acids is 2. The lowest BCUT2D eigenvalue weighted by Crippen LogP contribution is -2.28. The number of hydrogen-bond donors (Lipinski definition) is 2. The molecule has 1 fully saturated rings. The van der Waals surface area contributed by atoms with Crippen LogP contribution in [0.2, 0.25) is 0 Å². The fourth-order valence-corrected chi connectivity index (χ4v) is 3.45. The number of nitrogens with zero attached hydrogens (tertiary/aromatic N) is 2. The molecule has 1 saturated heterocycles. The molecule has 0 bridgehead atoms. The average Bonchev–Trinajstić information content (AvgIpc) is 2.99. The van der Waals surface area contributed by atoms with Crippen LogP contribution in [-0.2, 0) is 9.59 Å². The Morgan fingerprint density at radius 1 is 1.22 bits per heavy atom. The largest absolute Gasteiger partial charge is 0.325 e. The third-order valence-electron chi connectivity index (χ3n) is 4.35. The number of nitrogens with one attached hydrogen (secondary N) is 2. The first-order valence-corrected chi connectivity index (χ1v) is 9.69. The molecule has 1 heterocycles. The first-order valence-electron chi connectivity index (χ1n) is 8.81. The summed E-state index contributed by atoms with van der Waals surface area (Å²) in [7, 11) is 0. The van der Waals surface area contributed by atoms with Crippen molar-refractivity contribution in [3.05, 3.63) is 42.5 Å². The van der Waals surface area contributed by atoms with E-state index in [1.165, 1.54) is 11.8 Å². The second-order valence-corrected chi connectivity index (χ2v) is 7.87. The number of anilines is 1. The summed E-state index contributed by atoms with van der Waals surface area (Å²) in [4.78, 5) is 24.6. The van der Waals surface area contributed by atoms with Gasteiger partial charge in [-0.2, -0.15) is 5.10 Å². The van der Waals surface area contributed by atoms with E-state index in [2.05, 4.69) is 20.8 Å². The van der Waals surface area contributed by atoms with Crippen molar-refractivity contribution in [1.82, 2.24) is 5.32 Å². The van der Waals surface area contributed by atoms with Gasteiger partial charge in [-0.25, -0.2) is 0 Å². The maximum atomic E-state index is 12.4. The summed E-state index contributed by atoms with van der Waals surface area (Å²) >= 11 is 1.24. The van der Waals surface area contributed by atoms with Gasteiger partial charge < -0.3 is 10.6 Å². The van der Waals surface area contributed by atoms with Gasteiger partial charge >= 0.3 is 0 Å². The molecule has 0 unspecified atom stereocenters. The molecule has 7 heteroatoms. The number of rotatable bonds is 5. The van der Waals surface area contributed by atoms with Crippen molar-refractivity contribution in [3.8, 4) is 0 Å². The molecule has 0 aromatic heterocycles. The van der Waals surface area contributed by atoms with Crippen molar-refractivity contribution < 1.29 is 9.59 Å². The van der Waals surface area contributed by atoms with Crippen LogP contribution in [0.4, 0.5) is 5.69 Å². The molecule has 1 aliphatic rings. The van der Waals surface area contributed by atoms with Gasteiger partial charge in [-0.15, -0.1) is 5.10 Å². The highest BCUT2D eigenvalue weighted by Crippen LogP contribution is 2.26. The van der Waals surface area contributed by atoms with Gasteiger partial charge in [0.05, 0.1) is 0 Å². The quantitative estimate of drug-likeness (QED) is 0.610. The zero-order valence-electron chi connectivity index (χ0n) is 15.5. The predicted octanol–water partition coefficient (Wildman–Crippen LogP) is 3.79. The maximum absolute atomic E-state index is 12.4. The third kappa shape index (κ3) is 4.74. The highest BCUT2D eigenvalue weighted by atomic mass is 32.2. The van der Waals surface area contributed by atoms with Crippen LogP contribution >= 0.6 is 11.8 Å². The topological polar surface area (TPSA) is 82.9 Å². The van der Waals surface area contributed by atoms with Crippen molar-refractivity contribution in [2.75, 3.05) is 5.32 Å². The molecule has 0 aliphatic carbocycles. The van der Waals surface area contributed by atoms with Gasteiger partial charge in [0, 0.05) is 23.2 Å². The summed E-state index contributed by atoms with van der Waals surface area (Å²) in [6.45, 7) is 5.95. The second-order valence-electron chi connectivity index (χ2n) is 6.68. The predicted molar refractivity (Wildman–Crippen MR) is 112 cm³/mol. The van der Waals surface area contributed by atoms with Gasteiger partial charge in [-0.3, -0.25) is 9.59 Å². The Morgan fingerprint density at radius 2 is 1.96 bits per heavy atom. The molecule has 0 spiro atoms. The number of carbonyl (C=O) groups is 2. The van der Waals surface area contributed by atoms with Crippen LogP contribution in [0.15, 0.2) is 52.7 Å². The van der Waals surface area contributed by atoms with E-state index in [9.17, 15) is 9.59 Å². The van der Waals surface area contributed by atoms with E-state index in [0.29, 0.717) is 11.1 Å². The van der Waals surface area contributed by atoms with Gasteiger partial charge in [-0.1, -0.05) is 62.0 Å². The SMILES string of the molecule is C/C(=N/N=C1\NC(=O)[C@H](CC(=O)Nc2cccc3ccccc23)S1)C(C)C. The number of amidine groups is 1. The highest BCUT2D eigenvalue weighted by molar-refractivity contribution is 8.15. The molecule has 2 amide bonds. The van der Waals surface area contributed by atoms with Crippen LogP contribution in [0.1, 0.15) is 27.2 Å². The molecule has 27 heavy (non-hydrogen) atoms. The van der Waals surface area contributed by atoms with Crippen LogP contribution in [0.5, 0.6) is 0 Å². The fraction of sp³-hybridized carbons (Fsp3) is 0.300. The van der Waals surface area contributed by atoms with Gasteiger partial charge in [0.25, 0.3) is 0 Å². The van der Waals surface area contributed by atoms with E-state index < -0.39 is 5.25 Å². The fourth-order valence-electron chi connectivity index (χ4n) is 2.53. The number of fused-ring (bicyclic) bond motifs is 1. The standard InChI is InChI=1S/C20H22N4O2S/c1-12(2)13(3)23-24-20-22-19(26)17(27-20)11-18(25)21-16-10-6-8-14-7-4-5-9-15(14)16/h4-10,12,17H,11H2,1-3H3,(H,21,25)(H,22,24,26)/b23-13-/t17-/m0/s1. The second kappa shape index (κ2) is 8.35. The summed E-state index contributed by atoms with van der Waals surface area (Å²) < 4.78 is 0. The zero-order chi connectivity index (χ0) is 19.4. The van der Waals surface area contributed by atoms with Gasteiger partial charge in [0.15, 0.2) is 5.17 Å². The van der Waals surface area contributed by atoms with Crippen LogP contribution in [0.25, 0.3) is 10.8 Å². The molecule has 2 aromatic carbocycles. The van der Waals surface area contributed by atoms with Gasteiger partial charge in [0.1, 0.15) is 5.25 Å². The molecule has 2 N–H and O–H groups in total. The van der Waals surface area contributed by atoms with Crippen molar-refractivity contribution in [3.63, 3.8) is 0 Å². The third-order valence-corrected chi connectivity index (χ3v) is 5.42. The normalized spacial score (nSPS) is 19.0. The average molecular weight is 382 g/mol. The van der Waals surface area contributed by atoms with Crippen LogP contribution in [-0.4, -0.2) is 27.9 Å². The van der Waals surface area contributed by atoms with E-state index in [1.807, 2.05) is 63.2 Å². The van der Waals surface area contributed by atoms with Gasteiger partial charge in [-0.05, 0) is 24.3 Å². The monoisotopic (exact) mass is 382 g/mol. The Kier molecular flexibility index (Phi) is 5.91. The van der Waals surface area contributed by atoms with Crippen LogP contribution in [0.3, 0.4) is 0 Å². The smallest absolute Gasteiger partial charge is 0.240 e. The molecule has 1 aliphatic heterocycles. The summed E-state index contributed by atoms with van der Waals surface area (Å²) in [6.07, 6.45) is 0.0750. The molecule has 3 rings (SSSR count). The van der Waals surface area contributed by atoms with Crippen molar-refractivity contribution >= 4 is 50.9 Å². The summed E-state index contributed by atoms with van der Waals surface area (Å²) in [5.41, 5.74) is 1.63. The Hall–Kier alpha value is -2.67. The number of thioether (sulfide) groups is 1. The van der Waals surface area contributed by atoms with E-state index in [0.717, 1.165) is 22.2 Å². The van der Waals surface area contributed by atoms with E-state index in [4.69, 9.17) is 0 Å². The Bertz CT molecular complexity index is 931. The number of hydrogen-bond acceptors (Lipinski definition) is 5. The van der Waals surface area contributed by atoms with Crippen molar-refractivity contribution in [2.24, 2.45) is 16.1 Å². The lowest BCUT2D eigenvalue weighted by Gasteiger charge is -2.10. The Morgan fingerprint density at radius 3 is 2.74 bits per heavy atom. The Labute approximate surface area is 162 Å². The lowest BCUT2D eigenvalue weighted by atomic mass is 10.1. The van der Waals surface area contributed by atoms with Crippen molar-refractivity contribution in [1.29, 1.82) is 0 Å². The Balaban J connectivity index is 1.65. The molecule has 1 atom stereocenters. The minimum absolute atomic E-state index is 0.0750. The number of amides is 2. The molecule has 0 saturated carbocycles. The minimum atomic E-state index is -0.506. The molecule has 6 nitrogen and oxygen atoms in total. The molecule has 0 radical (unpaired) electrons. The summed E-state index contributed by atoms with van der Waals surface area (Å²) in [5, 5.41) is 15.8. The first kappa shape index (κ1) is 19.1. The van der Waals surface area contributed by atoms with E-state index >= 15 is 0 Å². The highest BCUT2D eigenvalue weighted by Gasteiger charge is 2.32. The molecular formula is C20H22N4O2S. The lowest BCUT2D eigenvalue weighted by molar-refractivity contribution is -0.122. The molecular weight excluding hydrogens is 360 g/mol. The molecule has 140 valence electrons. The first-order chi connectivity index (χ1) is 12.9. The van der Waals surface area contributed by atoms with E-state index in [1.54, 1.807) is 0 Å². The molecule has 2 aromatic rings. The van der Waals surface area contributed by atoms with Crippen LogP contribution in [0, 0.1) is 5.92 Å². The summed E-state index contributed by atoms with van der Waals surface area (Å²) in [6, 6.07) is 13.6. The maximum Gasteiger partial charge on any atom is 0.240 e.